The number of pyridine rings is 1. The van der Waals surface area contributed by atoms with Gasteiger partial charge in [-0.2, -0.15) is 13.2 Å². The van der Waals surface area contributed by atoms with Crippen LogP contribution in [0.3, 0.4) is 0 Å². The Morgan fingerprint density at radius 3 is 2.27 bits per heavy atom. The Bertz CT molecular complexity index is 374. The highest BCUT2D eigenvalue weighted by molar-refractivity contribution is 14.1. The lowest BCUT2D eigenvalue weighted by Gasteiger charge is -2.14. The van der Waals surface area contributed by atoms with E-state index in [1.54, 1.807) is 0 Å². The molecule has 0 atom stereocenters. The number of hydrogen-bond donors (Lipinski definition) is 0. The third-order valence-electron chi connectivity index (χ3n) is 1.65. The zero-order chi connectivity index (χ0) is 11.8. The molecule has 15 heavy (non-hydrogen) atoms. The quantitative estimate of drug-likeness (QED) is 0.430. The molecule has 0 aliphatic rings. The van der Waals surface area contributed by atoms with E-state index in [1.165, 1.54) is 29.5 Å². The van der Waals surface area contributed by atoms with E-state index in [2.05, 4.69) is 4.98 Å². The Morgan fingerprint density at radius 2 is 1.87 bits per heavy atom. The summed E-state index contributed by atoms with van der Waals surface area (Å²) in [7, 11) is 0. The molecule has 1 aromatic heterocycles. The summed E-state index contributed by atoms with van der Waals surface area (Å²) in [6.45, 7) is 1.37. The molecule has 84 valence electrons. The fraction of sp³-hybridized carbons (Fsp3) is 0.375. The number of nitrogens with zero attached hydrogens (tertiary/aromatic N) is 1. The first-order chi connectivity index (χ1) is 6.73. The molecule has 0 radical (unpaired) electrons. The van der Waals surface area contributed by atoms with Crippen molar-refractivity contribution in [3.63, 3.8) is 0 Å². The van der Waals surface area contributed by atoms with Crippen LogP contribution in [0.5, 0.6) is 0 Å². The van der Waals surface area contributed by atoms with Gasteiger partial charge in [0.05, 0.1) is 5.56 Å². The standard InChI is InChI=1S/C8H5F5IN/c1-3-2-4(6(9)10)5(7(14)15-3)8(11,12)13/h2,6H,1H3. The van der Waals surface area contributed by atoms with Crippen molar-refractivity contribution in [2.24, 2.45) is 0 Å². The fourth-order valence-corrected chi connectivity index (χ4v) is 2.11. The molecule has 1 rings (SSSR count). The lowest BCUT2D eigenvalue weighted by atomic mass is 10.1. The average molecular weight is 337 g/mol. The minimum absolute atomic E-state index is 0.141. The van der Waals surface area contributed by atoms with Crippen LogP contribution in [0.1, 0.15) is 23.2 Å². The summed E-state index contributed by atoms with van der Waals surface area (Å²) in [5.41, 5.74) is -2.22. The van der Waals surface area contributed by atoms with Gasteiger partial charge in [-0.1, -0.05) is 0 Å². The Morgan fingerprint density at radius 1 is 1.33 bits per heavy atom. The minimum Gasteiger partial charge on any atom is -0.247 e. The van der Waals surface area contributed by atoms with Crippen molar-refractivity contribution in [3.8, 4) is 0 Å². The maximum absolute atomic E-state index is 12.4. The van der Waals surface area contributed by atoms with Crippen LogP contribution in [0.2, 0.25) is 0 Å². The molecule has 0 bridgehead atoms. The van der Waals surface area contributed by atoms with Crippen molar-refractivity contribution >= 4 is 22.6 Å². The largest absolute Gasteiger partial charge is 0.419 e. The monoisotopic (exact) mass is 337 g/mol. The van der Waals surface area contributed by atoms with E-state index in [1.807, 2.05) is 0 Å². The predicted octanol–water partition coefficient (Wildman–Crippen LogP) is 3.95. The van der Waals surface area contributed by atoms with Gasteiger partial charge < -0.3 is 0 Å². The van der Waals surface area contributed by atoms with E-state index in [0.717, 1.165) is 6.07 Å². The molecule has 0 aliphatic carbocycles. The average Bonchev–Trinajstić information content (AvgIpc) is 1.99. The molecule has 0 amide bonds. The van der Waals surface area contributed by atoms with Gasteiger partial charge in [0.25, 0.3) is 6.43 Å². The summed E-state index contributed by atoms with van der Waals surface area (Å²) in [5, 5.41) is 0. The van der Waals surface area contributed by atoms with E-state index in [0.29, 0.717) is 0 Å². The van der Waals surface area contributed by atoms with Crippen LogP contribution in [0.15, 0.2) is 6.07 Å². The van der Waals surface area contributed by atoms with Crippen molar-refractivity contribution in [1.82, 2.24) is 4.98 Å². The lowest BCUT2D eigenvalue weighted by Crippen LogP contribution is -2.14. The number of aromatic nitrogens is 1. The Balaban J connectivity index is 3.48. The van der Waals surface area contributed by atoms with E-state index < -0.39 is 27.4 Å². The second-order valence-corrected chi connectivity index (χ2v) is 3.84. The van der Waals surface area contributed by atoms with Crippen molar-refractivity contribution in [2.45, 2.75) is 19.5 Å². The highest BCUT2D eigenvalue weighted by atomic mass is 127. The summed E-state index contributed by atoms with van der Waals surface area (Å²) in [5.74, 6) is 0. The molecule has 0 aromatic carbocycles. The first kappa shape index (κ1) is 12.6. The predicted molar refractivity (Wildman–Crippen MR) is 51.7 cm³/mol. The van der Waals surface area contributed by atoms with Crippen LogP contribution >= 0.6 is 22.6 Å². The van der Waals surface area contributed by atoms with Gasteiger partial charge in [0.15, 0.2) is 0 Å². The van der Waals surface area contributed by atoms with Gasteiger partial charge in [0.1, 0.15) is 3.70 Å². The first-order valence-corrected chi connectivity index (χ1v) is 4.83. The third kappa shape index (κ3) is 2.76. The summed E-state index contributed by atoms with van der Waals surface area (Å²) in [6, 6.07) is 0.760. The van der Waals surface area contributed by atoms with Gasteiger partial charge in [-0.25, -0.2) is 13.8 Å². The van der Waals surface area contributed by atoms with Crippen LogP contribution in [0.25, 0.3) is 0 Å². The molecule has 0 unspecified atom stereocenters. The SMILES string of the molecule is Cc1cc(C(F)F)c(C(F)(F)F)c(I)n1. The van der Waals surface area contributed by atoms with Crippen LogP contribution < -0.4 is 0 Å². The molecule has 0 fully saturated rings. The molecule has 1 aromatic rings. The van der Waals surface area contributed by atoms with E-state index in [-0.39, 0.29) is 5.69 Å². The van der Waals surface area contributed by atoms with Crippen LogP contribution in [0.4, 0.5) is 22.0 Å². The number of aryl methyl sites for hydroxylation is 1. The molecular weight excluding hydrogens is 332 g/mol. The van der Waals surface area contributed by atoms with E-state index >= 15 is 0 Å². The Kier molecular flexibility index (Phi) is 3.51. The number of alkyl halides is 5. The van der Waals surface area contributed by atoms with Crippen molar-refractivity contribution in [3.05, 3.63) is 26.6 Å². The maximum Gasteiger partial charge on any atom is 0.419 e. The Hall–Kier alpha value is -0.470. The summed E-state index contributed by atoms with van der Waals surface area (Å²) < 4.78 is 61.6. The summed E-state index contributed by atoms with van der Waals surface area (Å²) >= 11 is 1.31. The number of rotatable bonds is 1. The summed E-state index contributed by atoms with van der Waals surface area (Å²) in [6.07, 6.45) is -7.96. The van der Waals surface area contributed by atoms with Crippen molar-refractivity contribution in [2.75, 3.05) is 0 Å². The van der Waals surface area contributed by atoms with Crippen LogP contribution in [0, 0.1) is 10.6 Å². The number of halogens is 6. The van der Waals surface area contributed by atoms with E-state index in [9.17, 15) is 22.0 Å². The first-order valence-electron chi connectivity index (χ1n) is 3.76. The van der Waals surface area contributed by atoms with Crippen LogP contribution in [-0.4, -0.2) is 4.98 Å². The maximum atomic E-state index is 12.4. The normalized spacial score (nSPS) is 12.3. The van der Waals surface area contributed by atoms with Crippen molar-refractivity contribution in [1.29, 1.82) is 0 Å². The molecule has 1 nitrogen and oxygen atoms in total. The van der Waals surface area contributed by atoms with Gasteiger partial charge in [-0.05, 0) is 35.6 Å². The smallest absolute Gasteiger partial charge is 0.247 e. The zero-order valence-corrected chi connectivity index (χ0v) is 9.53. The fourth-order valence-electron chi connectivity index (χ4n) is 1.11. The van der Waals surface area contributed by atoms with Crippen molar-refractivity contribution < 1.29 is 22.0 Å². The molecule has 0 N–H and O–H groups in total. The van der Waals surface area contributed by atoms with Crippen LogP contribution in [-0.2, 0) is 6.18 Å². The van der Waals surface area contributed by atoms with Gasteiger partial charge in [-0.3, -0.25) is 0 Å². The molecule has 1 heterocycles. The number of hydrogen-bond acceptors (Lipinski definition) is 1. The molecule has 7 heteroatoms. The summed E-state index contributed by atoms with van der Waals surface area (Å²) in [4.78, 5) is 3.52. The van der Waals surface area contributed by atoms with Gasteiger partial charge in [-0.15, -0.1) is 0 Å². The zero-order valence-electron chi connectivity index (χ0n) is 7.37. The topological polar surface area (TPSA) is 12.9 Å². The molecule has 0 saturated heterocycles. The second kappa shape index (κ2) is 4.18. The second-order valence-electron chi connectivity index (χ2n) is 2.82. The lowest BCUT2D eigenvalue weighted by molar-refractivity contribution is -0.140. The molecule has 0 aliphatic heterocycles. The third-order valence-corrected chi connectivity index (χ3v) is 2.43. The van der Waals surface area contributed by atoms with Gasteiger partial charge in [0, 0.05) is 11.3 Å². The highest BCUT2D eigenvalue weighted by Gasteiger charge is 2.38. The minimum atomic E-state index is -4.80. The molecular formula is C8H5F5IN. The Labute approximate surface area is 95.8 Å². The molecule has 0 spiro atoms. The highest BCUT2D eigenvalue weighted by Crippen LogP contribution is 2.38. The van der Waals surface area contributed by atoms with E-state index in [4.69, 9.17) is 0 Å². The van der Waals surface area contributed by atoms with Gasteiger partial charge >= 0.3 is 6.18 Å². The molecule has 0 saturated carbocycles. The van der Waals surface area contributed by atoms with Gasteiger partial charge in [0.2, 0.25) is 0 Å².